The van der Waals surface area contributed by atoms with Crippen LogP contribution < -0.4 is 9.80 Å². The summed E-state index contributed by atoms with van der Waals surface area (Å²) in [7, 11) is 0. The van der Waals surface area contributed by atoms with Crippen LogP contribution in [0.4, 0.5) is 11.1 Å². The zero-order valence-electron chi connectivity index (χ0n) is 13.4. The first-order valence-corrected chi connectivity index (χ1v) is 8.82. The molecule has 1 aliphatic heterocycles. The summed E-state index contributed by atoms with van der Waals surface area (Å²) in [6.07, 6.45) is 0.877. The number of hydrogen-bond donors (Lipinski definition) is 0. The quantitative estimate of drug-likeness (QED) is 0.721. The fraction of sp³-hybridized carbons (Fsp3) is 0.375. The van der Waals surface area contributed by atoms with Gasteiger partial charge in [-0.05, 0) is 17.3 Å². The monoisotopic (exact) mass is 342 g/mol. The average Bonchev–Trinajstić information content (AvgIpc) is 3.32. The van der Waals surface area contributed by atoms with E-state index >= 15 is 0 Å². The molecule has 124 valence electrons. The van der Waals surface area contributed by atoms with Gasteiger partial charge >= 0.3 is 0 Å². The summed E-state index contributed by atoms with van der Waals surface area (Å²) >= 11 is 1.48. The first-order valence-electron chi connectivity index (χ1n) is 8.05. The third-order valence-corrected chi connectivity index (χ3v) is 4.86. The lowest BCUT2D eigenvalue weighted by Gasteiger charge is -2.33. The van der Waals surface area contributed by atoms with E-state index in [1.165, 1.54) is 11.5 Å². The van der Waals surface area contributed by atoms with Crippen LogP contribution in [0.5, 0.6) is 0 Å². The number of rotatable bonds is 4. The molecule has 0 bridgehead atoms. The van der Waals surface area contributed by atoms with Crippen LogP contribution in [0.1, 0.15) is 12.7 Å². The Balaban J connectivity index is 1.42. The lowest BCUT2D eigenvalue weighted by atomic mass is 10.2. The minimum atomic E-state index is 0.560. The van der Waals surface area contributed by atoms with Crippen molar-refractivity contribution < 1.29 is 4.52 Å². The second kappa shape index (κ2) is 6.56. The van der Waals surface area contributed by atoms with Crippen molar-refractivity contribution >= 4 is 22.6 Å². The van der Waals surface area contributed by atoms with Crippen LogP contribution in [0.2, 0.25) is 0 Å². The molecule has 3 aromatic rings. The Morgan fingerprint density at radius 3 is 2.50 bits per heavy atom. The maximum absolute atomic E-state index is 5.40. The van der Waals surface area contributed by atoms with Gasteiger partial charge in [-0.3, -0.25) is 0 Å². The van der Waals surface area contributed by atoms with E-state index in [-0.39, 0.29) is 0 Å². The van der Waals surface area contributed by atoms with E-state index in [1.807, 2.05) is 30.3 Å². The van der Waals surface area contributed by atoms with Gasteiger partial charge in [-0.2, -0.15) is 9.36 Å². The zero-order valence-corrected chi connectivity index (χ0v) is 14.2. The summed E-state index contributed by atoms with van der Waals surface area (Å²) in [4.78, 5) is 13.5. The Labute approximate surface area is 144 Å². The number of aromatic nitrogens is 4. The predicted molar refractivity (Wildman–Crippen MR) is 93.4 cm³/mol. The molecule has 1 aromatic carbocycles. The largest absolute Gasteiger partial charge is 0.343 e. The van der Waals surface area contributed by atoms with Crippen molar-refractivity contribution in [2.45, 2.75) is 13.3 Å². The molecule has 0 radical (unpaired) electrons. The van der Waals surface area contributed by atoms with Crippen LogP contribution in [-0.2, 0) is 6.42 Å². The van der Waals surface area contributed by atoms with Gasteiger partial charge in [0.15, 0.2) is 0 Å². The maximum Gasteiger partial charge on any atom is 0.266 e. The molecule has 24 heavy (non-hydrogen) atoms. The second-order valence-electron chi connectivity index (χ2n) is 5.59. The highest BCUT2D eigenvalue weighted by Gasteiger charge is 2.23. The van der Waals surface area contributed by atoms with Crippen LogP contribution >= 0.6 is 11.5 Å². The normalized spacial score (nSPS) is 15.0. The summed E-state index contributed by atoms with van der Waals surface area (Å²) in [5.74, 6) is 2.13. The fourth-order valence-corrected chi connectivity index (χ4v) is 3.46. The number of aryl methyl sites for hydroxylation is 1. The fourth-order valence-electron chi connectivity index (χ4n) is 2.66. The highest BCUT2D eigenvalue weighted by molar-refractivity contribution is 7.09. The van der Waals surface area contributed by atoms with Gasteiger partial charge in [0, 0.05) is 49.7 Å². The molecule has 3 heterocycles. The third-order valence-electron chi connectivity index (χ3n) is 4.04. The molecule has 0 atom stereocenters. The molecule has 7 nitrogen and oxygen atoms in total. The average molecular weight is 342 g/mol. The van der Waals surface area contributed by atoms with Crippen LogP contribution in [0.3, 0.4) is 0 Å². The van der Waals surface area contributed by atoms with Crippen molar-refractivity contribution in [3.05, 3.63) is 36.2 Å². The van der Waals surface area contributed by atoms with E-state index in [0.29, 0.717) is 11.8 Å². The first-order chi connectivity index (χ1) is 11.8. The lowest BCUT2D eigenvalue weighted by Crippen LogP contribution is -2.47. The molecular formula is C16H18N6OS. The standard InChI is InChI=1S/C16H18N6OS/c1-2-13-17-16(24-20-13)22-10-8-21(9-11-22)15-18-14(23-19-15)12-6-4-3-5-7-12/h3-7H,2,8-11H2,1H3. The van der Waals surface area contributed by atoms with E-state index in [1.54, 1.807) is 0 Å². The Morgan fingerprint density at radius 1 is 1.04 bits per heavy atom. The molecule has 8 heteroatoms. The van der Waals surface area contributed by atoms with E-state index < -0.39 is 0 Å². The van der Waals surface area contributed by atoms with Gasteiger partial charge in [-0.25, -0.2) is 4.98 Å². The first kappa shape index (κ1) is 15.1. The molecule has 1 fully saturated rings. The Morgan fingerprint density at radius 2 is 1.79 bits per heavy atom. The topological polar surface area (TPSA) is 71.2 Å². The van der Waals surface area contributed by atoms with Gasteiger partial charge in [0.05, 0.1) is 0 Å². The van der Waals surface area contributed by atoms with Gasteiger partial charge in [0.1, 0.15) is 5.82 Å². The number of anilines is 2. The van der Waals surface area contributed by atoms with Crippen LogP contribution in [0, 0.1) is 0 Å². The minimum Gasteiger partial charge on any atom is -0.343 e. The maximum atomic E-state index is 5.40. The van der Waals surface area contributed by atoms with Crippen molar-refractivity contribution in [1.82, 2.24) is 19.5 Å². The molecule has 0 amide bonds. The molecule has 0 unspecified atom stereocenters. The minimum absolute atomic E-state index is 0.560. The van der Waals surface area contributed by atoms with Gasteiger partial charge < -0.3 is 14.3 Å². The van der Waals surface area contributed by atoms with E-state index in [0.717, 1.165) is 49.1 Å². The second-order valence-corrected chi connectivity index (χ2v) is 6.32. The molecule has 0 N–H and O–H groups in total. The Hall–Kier alpha value is -2.48. The molecule has 0 spiro atoms. The SMILES string of the molecule is CCc1nsc(N2CCN(c3noc(-c4ccccc4)n3)CC2)n1. The van der Waals surface area contributed by atoms with Crippen molar-refractivity contribution in [2.24, 2.45) is 0 Å². The number of benzene rings is 1. The van der Waals surface area contributed by atoms with Gasteiger partial charge in [0.25, 0.3) is 11.8 Å². The van der Waals surface area contributed by atoms with Crippen molar-refractivity contribution in [2.75, 3.05) is 36.0 Å². The smallest absolute Gasteiger partial charge is 0.266 e. The molecular weight excluding hydrogens is 324 g/mol. The summed E-state index contributed by atoms with van der Waals surface area (Å²) in [5.41, 5.74) is 0.941. The number of nitrogens with zero attached hydrogens (tertiary/aromatic N) is 6. The molecule has 0 saturated carbocycles. The zero-order chi connectivity index (χ0) is 16.4. The molecule has 2 aromatic heterocycles. The van der Waals surface area contributed by atoms with Crippen molar-refractivity contribution in [1.29, 1.82) is 0 Å². The van der Waals surface area contributed by atoms with Gasteiger partial charge in [-0.15, -0.1) is 0 Å². The molecule has 1 saturated heterocycles. The van der Waals surface area contributed by atoms with Crippen LogP contribution in [0.25, 0.3) is 11.5 Å². The molecule has 1 aliphatic rings. The number of piperazine rings is 1. The molecule has 0 aliphatic carbocycles. The lowest BCUT2D eigenvalue weighted by molar-refractivity contribution is 0.428. The summed E-state index contributed by atoms with van der Waals surface area (Å²) in [6, 6.07) is 9.83. The summed E-state index contributed by atoms with van der Waals surface area (Å²) in [6.45, 7) is 5.52. The highest BCUT2D eigenvalue weighted by atomic mass is 32.1. The Kier molecular flexibility index (Phi) is 4.12. The van der Waals surface area contributed by atoms with Gasteiger partial charge in [-0.1, -0.05) is 25.1 Å². The van der Waals surface area contributed by atoms with E-state index in [9.17, 15) is 0 Å². The van der Waals surface area contributed by atoms with Crippen molar-refractivity contribution in [3.8, 4) is 11.5 Å². The van der Waals surface area contributed by atoms with Crippen molar-refractivity contribution in [3.63, 3.8) is 0 Å². The molecule has 4 rings (SSSR count). The summed E-state index contributed by atoms with van der Waals surface area (Å²) < 4.78 is 9.76. The summed E-state index contributed by atoms with van der Waals surface area (Å²) in [5, 5.41) is 5.13. The van der Waals surface area contributed by atoms with E-state index in [2.05, 4.69) is 36.2 Å². The Bertz CT molecular complexity index is 794. The van der Waals surface area contributed by atoms with E-state index in [4.69, 9.17) is 4.52 Å². The van der Waals surface area contributed by atoms with Gasteiger partial charge in [0.2, 0.25) is 5.13 Å². The van der Waals surface area contributed by atoms with Crippen LogP contribution in [-0.4, -0.2) is 45.7 Å². The predicted octanol–water partition coefficient (Wildman–Crippen LogP) is 2.48. The highest BCUT2D eigenvalue weighted by Crippen LogP contribution is 2.23. The van der Waals surface area contributed by atoms with Crippen LogP contribution in [0.15, 0.2) is 34.9 Å². The third kappa shape index (κ3) is 2.96. The number of hydrogen-bond acceptors (Lipinski definition) is 8.